The van der Waals surface area contributed by atoms with Crippen LogP contribution in [0, 0.1) is 22.5 Å². The van der Waals surface area contributed by atoms with Gasteiger partial charge in [-0.15, -0.1) is 0 Å². The van der Waals surface area contributed by atoms with Crippen molar-refractivity contribution >= 4 is 45.3 Å². The third-order valence-electron chi connectivity index (χ3n) is 10.7. The van der Waals surface area contributed by atoms with E-state index in [0.29, 0.717) is 22.6 Å². The topological polar surface area (TPSA) is 152 Å². The first-order valence-corrected chi connectivity index (χ1v) is 18.8. The second kappa shape index (κ2) is 16.9. The third-order valence-corrected chi connectivity index (χ3v) is 10.7. The quantitative estimate of drug-likeness (QED) is 0.130. The highest BCUT2D eigenvalue weighted by atomic mass is 19.1. The molecule has 2 N–H and O–H groups in total. The fourth-order valence-corrected chi connectivity index (χ4v) is 7.06. The molecule has 8 rings (SSSR count). The van der Waals surface area contributed by atoms with Gasteiger partial charge in [0.15, 0.2) is 0 Å². The highest BCUT2D eigenvalue weighted by Gasteiger charge is 2.53. The number of amides is 2. The molecular weight excluding hydrogens is 779 g/mol. The van der Waals surface area contributed by atoms with Crippen LogP contribution in [-0.4, -0.2) is 97.4 Å². The average molecular weight is 819 g/mol. The van der Waals surface area contributed by atoms with Gasteiger partial charge in [-0.05, 0) is 119 Å². The van der Waals surface area contributed by atoms with Gasteiger partial charge in [-0.25, -0.2) is 8.78 Å². The van der Waals surface area contributed by atoms with Crippen molar-refractivity contribution in [3.8, 4) is 23.0 Å². The molecule has 0 unspecified atom stereocenters. The molecule has 12 nitrogen and oxygen atoms in total. The lowest BCUT2D eigenvalue weighted by molar-refractivity contribution is -0.162. The van der Waals surface area contributed by atoms with Crippen molar-refractivity contribution in [1.82, 2.24) is 9.80 Å². The number of hydrogen-bond donors (Lipinski definition) is 2. The zero-order valence-electron chi connectivity index (χ0n) is 32.6. The second-order valence-electron chi connectivity index (χ2n) is 14.8. The summed E-state index contributed by atoms with van der Waals surface area (Å²) in [5, 5.41) is 23.3. The van der Waals surface area contributed by atoms with Gasteiger partial charge >= 0.3 is 11.9 Å². The molecule has 2 saturated heterocycles. The predicted molar refractivity (Wildman–Crippen MR) is 217 cm³/mol. The average Bonchev–Trinajstić information content (AvgIpc) is 3.22. The van der Waals surface area contributed by atoms with Gasteiger partial charge in [-0.3, -0.25) is 19.2 Å². The molecule has 14 heteroatoms. The Labute approximate surface area is 343 Å². The number of fused-ring (bicyclic) bond motifs is 2. The van der Waals surface area contributed by atoms with Crippen molar-refractivity contribution in [3.05, 3.63) is 144 Å². The number of likely N-dealkylation sites (tertiary alicyclic amines) is 2. The van der Waals surface area contributed by atoms with Gasteiger partial charge in [-0.1, -0.05) is 24.3 Å². The van der Waals surface area contributed by atoms with E-state index >= 15 is 0 Å². The smallest absolute Gasteiger partial charge is 0.316 e. The minimum Gasteiger partial charge on any atom is -0.497 e. The number of halogens is 2. The lowest BCUT2D eigenvalue weighted by Crippen LogP contribution is -2.64. The summed E-state index contributed by atoms with van der Waals surface area (Å²) >= 11 is 0. The maximum atomic E-state index is 13.0. The fraction of sp³-hybridized carbons (Fsp3) is 0.217. The summed E-state index contributed by atoms with van der Waals surface area (Å²) in [6, 6.07) is 32.7. The lowest BCUT2D eigenvalue weighted by Gasteiger charge is -2.46. The molecule has 0 aromatic heterocycles. The van der Waals surface area contributed by atoms with E-state index in [1.165, 1.54) is 58.3 Å². The summed E-state index contributed by atoms with van der Waals surface area (Å²) in [6.45, 7) is 0.00762. The Morgan fingerprint density at radius 3 is 1.10 bits per heavy atom. The Morgan fingerprint density at radius 2 is 0.800 bits per heavy atom. The molecule has 0 saturated carbocycles. The molecule has 0 atom stereocenters. The first-order valence-electron chi connectivity index (χ1n) is 18.8. The van der Waals surface area contributed by atoms with Crippen LogP contribution < -0.4 is 18.9 Å². The van der Waals surface area contributed by atoms with E-state index in [4.69, 9.17) is 18.9 Å². The van der Waals surface area contributed by atoms with Crippen molar-refractivity contribution in [2.75, 3.05) is 53.6 Å². The molecule has 308 valence electrons. The Balaban J connectivity index is 0.000000181. The predicted octanol–water partition coefficient (Wildman–Crippen LogP) is 7.19. The van der Waals surface area contributed by atoms with Crippen LogP contribution in [-0.2, 0) is 9.59 Å². The number of hydrogen-bond acceptors (Lipinski definition) is 8. The zero-order chi connectivity index (χ0) is 42.6. The van der Waals surface area contributed by atoms with E-state index in [2.05, 4.69) is 0 Å². The molecule has 60 heavy (non-hydrogen) atoms. The second-order valence-corrected chi connectivity index (χ2v) is 14.8. The van der Waals surface area contributed by atoms with Crippen LogP contribution in [0.4, 0.5) is 8.78 Å². The first kappa shape index (κ1) is 41.0. The third kappa shape index (κ3) is 8.63. The molecule has 0 aliphatic carbocycles. The number of ether oxygens (including phenoxy) is 4. The number of carboxylic acids is 2. The van der Waals surface area contributed by atoms with Crippen LogP contribution in [0.3, 0.4) is 0 Å². The highest BCUT2D eigenvalue weighted by molar-refractivity contribution is 5.97. The Morgan fingerprint density at radius 1 is 0.500 bits per heavy atom. The van der Waals surface area contributed by atoms with Crippen molar-refractivity contribution in [1.29, 1.82) is 0 Å². The van der Waals surface area contributed by atoms with Crippen LogP contribution in [0.2, 0.25) is 0 Å². The molecule has 6 aromatic carbocycles. The van der Waals surface area contributed by atoms with Crippen LogP contribution >= 0.6 is 0 Å². The molecule has 2 aliphatic rings. The molecule has 2 heterocycles. The first-order chi connectivity index (χ1) is 28.8. The standard InChI is InChI=1S/2C23H20FNO5/c2*1-29-19-8-4-17-11-20(9-5-16(17)10-19)30-14-23(22(27)28)12-25(13-23)21(26)15-2-6-18(24)7-3-15/h2*2-11H,12-14H2,1H3,(H,27,28). The van der Waals surface area contributed by atoms with Crippen LogP contribution in [0.5, 0.6) is 23.0 Å². The molecule has 0 spiro atoms. The van der Waals surface area contributed by atoms with Crippen LogP contribution in [0.1, 0.15) is 20.7 Å². The maximum Gasteiger partial charge on any atom is 0.316 e. The lowest BCUT2D eigenvalue weighted by atomic mass is 9.80. The summed E-state index contributed by atoms with van der Waals surface area (Å²) in [6.07, 6.45) is 0. The summed E-state index contributed by atoms with van der Waals surface area (Å²) in [5.41, 5.74) is -1.71. The maximum absolute atomic E-state index is 13.0. The van der Waals surface area contributed by atoms with Crippen LogP contribution in [0.15, 0.2) is 121 Å². The molecule has 2 aliphatic heterocycles. The highest BCUT2D eigenvalue weighted by Crippen LogP contribution is 2.36. The molecule has 0 radical (unpaired) electrons. The van der Waals surface area contributed by atoms with E-state index in [1.54, 1.807) is 26.4 Å². The van der Waals surface area contributed by atoms with Gasteiger partial charge in [0.1, 0.15) is 58.7 Å². The van der Waals surface area contributed by atoms with Crippen molar-refractivity contribution < 1.29 is 57.1 Å². The van der Waals surface area contributed by atoms with Gasteiger partial charge in [0, 0.05) is 37.3 Å². The van der Waals surface area contributed by atoms with E-state index < -0.39 is 34.4 Å². The molecule has 0 bridgehead atoms. The van der Waals surface area contributed by atoms with E-state index in [9.17, 15) is 38.2 Å². The van der Waals surface area contributed by atoms with E-state index in [-0.39, 0.29) is 51.2 Å². The van der Waals surface area contributed by atoms with Crippen molar-refractivity contribution in [2.45, 2.75) is 0 Å². The van der Waals surface area contributed by atoms with Gasteiger partial charge in [0.25, 0.3) is 11.8 Å². The minimum atomic E-state index is -1.18. The Hall–Kier alpha value is -7.22. The van der Waals surface area contributed by atoms with Crippen LogP contribution in [0.25, 0.3) is 21.5 Å². The Kier molecular flexibility index (Phi) is 11.6. The number of nitrogens with zero attached hydrogens (tertiary/aromatic N) is 2. The summed E-state index contributed by atoms with van der Waals surface area (Å²) in [4.78, 5) is 51.6. The summed E-state index contributed by atoms with van der Waals surface area (Å²) in [7, 11) is 3.21. The summed E-state index contributed by atoms with van der Waals surface area (Å²) in [5.74, 6) is -0.948. The Bertz CT molecular complexity index is 2390. The number of rotatable bonds is 12. The number of carbonyl (C=O) groups excluding carboxylic acids is 2. The normalized spacial score (nSPS) is 14.8. The summed E-state index contributed by atoms with van der Waals surface area (Å²) < 4.78 is 48.1. The van der Waals surface area contributed by atoms with Gasteiger partial charge < -0.3 is 39.0 Å². The molecular formula is C46H40F2N2O10. The monoisotopic (exact) mass is 818 g/mol. The molecule has 2 amide bonds. The SMILES string of the molecule is COc1ccc2cc(OCC3(C(=O)O)CN(C(=O)c4ccc(F)cc4)C3)ccc2c1.COc1ccc2cc(OCC3(C(=O)O)CN(C(=O)c4ccc(F)cc4)C3)ccc2c1. The van der Waals surface area contributed by atoms with Gasteiger partial charge in [0.05, 0.1) is 14.2 Å². The minimum absolute atomic E-state index is 0.0311. The van der Waals surface area contributed by atoms with Crippen molar-refractivity contribution in [3.63, 3.8) is 0 Å². The number of benzene rings is 6. The molecule has 6 aromatic rings. The van der Waals surface area contributed by atoms with E-state index in [1.807, 2.05) is 60.7 Å². The molecule has 2 fully saturated rings. The number of methoxy groups -OCH3 is 2. The van der Waals surface area contributed by atoms with E-state index in [0.717, 1.165) is 33.0 Å². The number of carbonyl (C=O) groups is 4. The van der Waals surface area contributed by atoms with Crippen molar-refractivity contribution in [2.24, 2.45) is 10.8 Å². The number of aliphatic carboxylic acids is 2. The fourth-order valence-electron chi connectivity index (χ4n) is 7.06. The van der Waals surface area contributed by atoms with Gasteiger partial charge in [0.2, 0.25) is 0 Å². The largest absolute Gasteiger partial charge is 0.497 e. The zero-order valence-corrected chi connectivity index (χ0v) is 32.6. The number of carboxylic acid groups (broad SMARTS) is 2. The van der Waals surface area contributed by atoms with Gasteiger partial charge in [-0.2, -0.15) is 0 Å².